The summed E-state index contributed by atoms with van der Waals surface area (Å²) in [6.07, 6.45) is 0.906. The second-order valence-electron chi connectivity index (χ2n) is 3.77. The summed E-state index contributed by atoms with van der Waals surface area (Å²) >= 11 is 0. The number of hydrogen-bond acceptors (Lipinski definition) is 2. The highest BCUT2D eigenvalue weighted by Crippen LogP contribution is 2.09. The van der Waals surface area contributed by atoms with Crippen LogP contribution in [0.4, 0.5) is 5.69 Å². The molecular formula is C12H18N2O. The van der Waals surface area contributed by atoms with Gasteiger partial charge in [0.1, 0.15) is 0 Å². The van der Waals surface area contributed by atoms with Gasteiger partial charge in [0, 0.05) is 5.69 Å². The summed E-state index contributed by atoms with van der Waals surface area (Å²) in [5.41, 5.74) is 6.60. The molecule has 2 atom stereocenters. The molecule has 1 aromatic carbocycles. The van der Waals surface area contributed by atoms with Gasteiger partial charge in [0.05, 0.1) is 6.04 Å². The van der Waals surface area contributed by atoms with E-state index in [1.54, 1.807) is 0 Å². The van der Waals surface area contributed by atoms with Crippen LogP contribution in [0.25, 0.3) is 0 Å². The van der Waals surface area contributed by atoms with Gasteiger partial charge in [0.25, 0.3) is 0 Å². The zero-order chi connectivity index (χ0) is 11.3. The zero-order valence-electron chi connectivity index (χ0n) is 9.23. The topological polar surface area (TPSA) is 55.1 Å². The number of rotatable bonds is 4. The van der Waals surface area contributed by atoms with Crippen molar-refractivity contribution in [2.45, 2.75) is 26.3 Å². The quantitative estimate of drug-likeness (QED) is 0.791. The maximum absolute atomic E-state index is 11.7. The number of para-hydroxylation sites is 1. The maximum atomic E-state index is 11.7. The third kappa shape index (κ3) is 3.36. The van der Waals surface area contributed by atoms with Crippen LogP contribution in [0, 0.1) is 5.92 Å². The van der Waals surface area contributed by atoms with E-state index in [1.165, 1.54) is 0 Å². The highest BCUT2D eigenvalue weighted by Gasteiger charge is 2.18. The van der Waals surface area contributed by atoms with Crippen molar-refractivity contribution in [3.63, 3.8) is 0 Å². The van der Waals surface area contributed by atoms with Crippen molar-refractivity contribution in [3.8, 4) is 0 Å². The molecular weight excluding hydrogens is 188 g/mol. The van der Waals surface area contributed by atoms with Gasteiger partial charge in [0.15, 0.2) is 0 Å². The SMILES string of the molecule is CCC(C)C(N)C(=O)Nc1ccccc1. The first-order chi connectivity index (χ1) is 7.15. The molecule has 15 heavy (non-hydrogen) atoms. The lowest BCUT2D eigenvalue weighted by molar-refractivity contribution is -0.118. The van der Waals surface area contributed by atoms with Crippen molar-refractivity contribution in [1.29, 1.82) is 0 Å². The molecule has 0 fully saturated rings. The molecule has 0 saturated heterocycles. The molecule has 3 nitrogen and oxygen atoms in total. The predicted octanol–water partition coefficient (Wildman–Crippen LogP) is 2.00. The Balaban J connectivity index is 2.56. The maximum Gasteiger partial charge on any atom is 0.241 e. The molecule has 3 N–H and O–H groups in total. The standard InChI is InChI=1S/C12H18N2O/c1-3-9(2)11(13)12(15)14-10-7-5-4-6-8-10/h4-9,11H,3,13H2,1-2H3,(H,14,15). The van der Waals surface area contributed by atoms with Crippen molar-refractivity contribution in [2.75, 3.05) is 5.32 Å². The van der Waals surface area contributed by atoms with Crippen molar-refractivity contribution in [2.24, 2.45) is 11.7 Å². The molecule has 82 valence electrons. The molecule has 0 saturated carbocycles. The Morgan fingerprint density at radius 2 is 2.00 bits per heavy atom. The van der Waals surface area contributed by atoms with Crippen molar-refractivity contribution in [3.05, 3.63) is 30.3 Å². The molecule has 1 rings (SSSR count). The van der Waals surface area contributed by atoms with Gasteiger partial charge in [0.2, 0.25) is 5.91 Å². The summed E-state index contributed by atoms with van der Waals surface area (Å²) in [5, 5.41) is 2.79. The molecule has 2 unspecified atom stereocenters. The Bertz CT molecular complexity index is 311. The van der Waals surface area contributed by atoms with Crippen molar-refractivity contribution in [1.82, 2.24) is 0 Å². The van der Waals surface area contributed by atoms with E-state index in [2.05, 4.69) is 5.32 Å². The Kier molecular flexibility index (Phi) is 4.31. The summed E-state index contributed by atoms with van der Waals surface area (Å²) in [5.74, 6) is 0.0873. The monoisotopic (exact) mass is 206 g/mol. The lowest BCUT2D eigenvalue weighted by Crippen LogP contribution is -2.40. The normalized spacial score (nSPS) is 14.3. The number of anilines is 1. The van der Waals surface area contributed by atoms with E-state index < -0.39 is 6.04 Å². The molecule has 1 aromatic rings. The van der Waals surface area contributed by atoms with Gasteiger partial charge in [-0.3, -0.25) is 4.79 Å². The summed E-state index contributed by atoms with van der Waals surface area (Å²) < 4.78 is 0. The predicted molar refractivity (Wildman–Crippen MR) is 62.5 cm³/mol. The average Bonchev–Trinajstić information content (AvgIpc) is 2.28. The number of hydrogen-bond donors (Lipinski definition) is 2. The first-order valence-corrected chi connectivity index (χ1v) is 5.26. The van der Waals surface area contributed by atoms with E-state index in [9.17, 15) is 4.79 Å². The summed E-state index contributed by atoms with van der Waals surface area (Å²) in [6, 6.07) is 8.93. The molecule has 1 amide bonds. The Hall–Kier alpha value is -1.35. The van der Waals surface area contributed by atoms with Crippen LogP contribution < -0.4 is 11.1 Å². The molecule has 0 bridgehead atoms. The molecule has 0 aliphatic heterocycles. The highest BCUT2D eigenvalue weighted by molar-refractivity contribution is 5.94. The van der Waals surface area contributed by atoms with Gasteiger partial charge < -0.3 is 11.1 Å². The molecule has 0 spiro atoms. The van der Waals surface area contributed by atoms with E-state index in [4.69, 9.17) is 5.73 Å². The van der Waals surface area contributed by atoms with Crippen LogP contribution in [0.3, 0.4) is 0 Å². The number of amides is 1. The number of benzene rings is 1. The lowest BCUT2D eigenvalue weighted by atomic mass is 9.99. The summed E-state index contributed by atoms with van der Waals surface area (Å²) in [6.45, 7) is 4.01. The van der Waals surface area contributed by atoms with Crippen molar-refractivity contribution >= 4 is 11.6 Å². The zero-order valence-corrected chi connectivity index (χ0v) is 9.23. The van der Waals surface area contributed by atoms with E-state index in [1.807, 2.05) is 44.2 Å². The fraction of sp³-hybridized carbons (Fsp3) is 0.417. The van der Waals surface area contributed by atoms with Crippen LogP contribution in [0.15, 0.2) is 30.3 Å². The van der Waals surface area contributed by atoms with Crippen LogP contribution in [-0.4, -0.2) is 11.9 Å². The highest BCUT2D eigenvalue weighted by atomic mass is 16.2. The second-order valence-corrected chi connectivity index (χ2v) is 3.77. The van der Waals surface area contributed by atoms with E-state index in [0.717, 1.165) is 12.1 Å². The number of carbonyl (C=O) groups excluding carboxylic acids is 1. The largest absolute Gasteiger partial charge is 0.325 e. The lowest BCUT2D eigenvalue weighted by Gasteiger charge is -2.17. The van der Waals surface area contributed by atoms with E-state index in [-0.39, 0.29) is 11.8 Å². The van der Waals surface area contributed by atoms with E-state index >= 15 is 0 Å². The van der Waals surface area contributed by atoms with Gasteiger partial charge in [-0.15, -0.1) is 0 Å². The minimum atomic E-state index is -0.435. The Morgan fingerprint density at radius 3 is 2.53 bits per heavy atom. The molecule has 0 aliphatic carbocycles. The molecule has 3 heteroatoms. The number of carbonyl (C=O) groups is 1. The van der Waals surface area contributed by atoms with Crippen LogP contribution in [0.1, 0.15) is 20.3 Å². The Labute approximate surface area is 90.7 Å². The van der Waals surface area contributed by atoms with Crippen LogP contribution in [0.2, 0.25) is 0 Å². The third-order valence-corrected chi connectivity index (χ3v) is 2.60. The smallest absolute Gasteiger partial charge is 0.241 e. The summed E-state index contributed by atoms with van der Waals surface area (Å²) in [4.78, 5) is 11.7. The van der Waals surface area contributed by atoms with Crippen LogP contribution >= 0.6 is 0 Å². The van der Waals surface area contributed by atoms with Crippen LogP contribution in [-0.2, 0) is 4.79 Å². The number of nitrogens with one attached hydrogen (secondary N) is 1. The first-order valence-electron chi connectivity index (χ1n) is 5.26. The van der Waals surface area contributed by atoms with E-state index in [0.29, 0.717) is 0 Å². The Morgan fingerprint density at radius 1 is 1.40 bits per heavy atom. The van der Waals surface area contributed by atoms with Gasteiger partial charge in [-0.1, -0.05) is 38.5 Å². The van der Waals surface area contributed by atoms with Gasteiger partial charge in [-0.2, -0.15) is 0 Å². The first kappa shape index (κ1) is 11.7. The summed E-state index contributed by atoms with van der Waals surface area (Å²) in [7, 11) is 0. The second kappa shape index (κ2) is 5.51. The number of nitrogens with two attached hydrogens (primary N) is 1. The minimum Gasteiger partial charge on any atom is -0.325 e. The fourth-order valence-corrected chi connectivity index (χ4v) is 1.26. The van der Waals surface area contributed by atoms with Gasteiger partial charge in [-0.25, -0.2) is 0 Å². The molecule has 0 radical (unpaired) electrons. The van der Waals surface area contributed by atoms with Crippen molar-refractivity contribution < 1.29 is 4.79 Å². The minimum absolute atomic E-state index is 0.115. The van der Waals surface area contributed by atoms with Gasteiger partial charge in [-0.05, 0) is 18.1 Å². The molecule has 0 aromatic heterocycles. The molecule has 0 heterocycles. The third-order valence-electron chi connectivity index (χ3n) is 2.60. The fourth-order valence-electron chi connectivity index (χ4n) is 1.26. The van der Waals surface area contributed by atoms with Gasteiger partial charge >= 0.3 is 0 Å². The van der Waals surface area contributed by atoms with Crippen LogP contribution in [0.5, 0.6) is 0 Å². The average molecular weight is 206 g/mol. The molecule has 0 aliphatic rings.